The summed E-state index contributed by atoms with van der Waals surface area (Å²) in [5.41, 5.74) is 2.02. The molecule has 1 aliphatic heterocycles. The van der Waals surface area contributed by atoms with E-state index < -0.39 is 0 Å². The van der Waals surface area contributed by atoms with E-state index in [1.54, 1.807) is 14.0 Å². The van der Waals surface area contributed by atoms with Crippen molar-refractivity contribution in [3.05, 3.63) is 51.5 Å². The molecule has 168 valence electrons. The van der Waals surface area contributed by atoms with Gasteiger partial charge >= 0.3 is 5.97 Å². The Bertz CT molecular complexity index is 877. The first-order valence-corrected chi connectivity index (χ1v) is 11.8. The van der Waals surface area contributed by atoms with Crippen molar-refractivity contribution in [3.8, 4) is 0 Å². The van der Waals surface area contributed by atoms with Gasteiger partial charge in [0.15, 0.2) is 5.96 Å². The number of likely N-dealkylation sites (tertiary alicyclic amines) is 1. The number of benzene rings is 1. The molecule has 7 nitrogen and oxygen atoms in total. The molecule has 0 spiro atoms. The van der Waals surface area contributed by atoms with Crippen LogP contribution in [0.4, 0.5) is 0 Å². The standard InChI is InChI=1S/C23H33N5O2S/c1-5-30-22(29)20-16(2)26-21(31-20)17(3)27-23(24-4)25-15-19(28-13-9-10-14-28)18-11-7-6-8-12-18/h6-8,11-12,17,19H,5,9-10,13-15H2,1-4H3,(H2,24,25,27). The molecular weight excluding hydrogens is 410 g/mol. The summed E-state index contributed by atoms with van der Waals surface area (Å²) < 4.78 is 5.13. The summed E-state index contributed by atoms with van der Waals surface area (Å²) in [5, 5.41) is 7.74. The first kappa shape index (κ1) is 23.2. The van der Waals surface area contributed by atoms with E-state index >= 15 is 0 Å². The molecule has 8 heteroatoms. The molecule has 2 atom stereocenters. The zero-order chi connectivity index (χ0) is 22.2. The van der Waals surface area contributed by atoms with Crippen LogP contribution in [0.15, 0.2) is 35.3 Å². The van der Waals surface area contributed by atoms with Crippen LogP contribution < -0.4 is 10.6 Å². The van der Waals surface area contributed by atoms with Crippen molar-refractivity contribution in [3.63, 3.8) is 0 Å². The second-order valence-electron chi connectivity index (χ2n) is 7.68. The Morgan fingerprint density at radius 1 is 1.29 bits per heavy atom. The second kappa shape index (κ2) is 11.2. The van der Waals surface area contributed by atoms with Gasteiger partial charge in [-0.25, -0.2) is 9.78 Å². The summed E-state index contributed by atoms with van der Waals surface area (Å²) in [5.74, 6) is 0.410. The zero-order valence-electron chi connectivity index (χ0n) is 18.9. The molecule has 2 unspecified atom stereocenters. The fourth-order valence-electron chi connectivity index (χ4n) is 3.83. The Kier molecular flexibility index (Phi) is 8.43. The number of nitrogens with zero attached hydrogens (tertiary/aromatic N) is 3. The Morgan fingerprint density at radius 2 is 2.00 bits per heavy atom. The van der Waals surface area contributed by atoms with Gasteiger partial charge in [0.05, 0.1) is 24.4 Å². The Balaban J connectivity index is 1.64. The van der Waals surface area contributed by atoms with Crippen LogP contribution in [0, 0.1) is 6.92 Å². The molecule has 0 aliphatic carbocycles. The van der Waals surface area contributed by atoms with Crippen molar-refractivity contribution in [1.82, 2.24) is 20.5 Å². The number of ether oxygens (including phenoxy) is 1. The number of hydrogen-bond acceptors (Lipinski definition) is 6. The van der Waals surface area contributed by atoms with Gasteiger partial charge in [-0.15, -0.1) is 11.3 Å². The maximum absolute atomic E-state index is 12.1. The highest BCUT2D eigenvalue weighted by Gasteiger charge is 2.24. The smallest absolute Gasteiger partial charge is 0.350 e. The predicted octanol–water partition coefficient (Wildman–Crippen LogP) is 3.69. The largest absolute Gasteiger partial charge is 0.462 e. The molecule has 0 radical (unpaired) electrons. The molecule has 31 heavy (non-hydrogen) atoms. The van der Waals surface area contributed by atoms with Crippen LogP contribution in [0.1, 0.15) is 64.7 Å². The monoisotopic (exact) mass is 443 g/mol. The fraction of sp³-hybridized carbons (Fsp3) is 0.522. The number of rotatable bonds is 8. The van der Waals surface area contributed by atoms with E-state index in [1.165, 1.54) is 29.7 Å². The summed E-state index contributed by atoms with van der Waals surface area (Å²) in [6, 6.07) is 10.9. The second-order valence-corrected chi connectivity index (χ2v) is 8.71. The quantitative estimate of drug-likeness (QED) is 0.368. The highest BCUT2D eigenvalue weighted by atomic mass is 32.1. The molecule has 1 aromatic heterocycles. The van der Waals surface area contributed by atoms with Gasteiger partial charge in [0.2, 0.25) is 0 Å². The van der Waals surface area contributed by atoms with Crippen LogP contribution in [-0.2, 0) is 4.74 Å². The fourth-order valence-corrected chi connectivity index (χ4v) is 4.79. The molecule has 2 heterocycles. The normalized spacial score (nSPS) is 16.7. The van der Waals surface area contributed by atoms with Crippen molar-refractivity contribution >= 4 is 23.3 Å². The van der Waals surface area contributed by atoms with Gasteiger partial charge in [0, 0.05) is 13.6 Å². The number of aliphatic imine (C=N–C) groups is 1. The molecule has 1 aliphatic rings. The van der Waals surface area contributed by atoms with E-state index in [0.29, 0.717) is 23.2 Å². The lowest BCUT2D eigenvalue weighted by molar-refractivity contribution is 0.0531. The Labute approximate surface area is 188 Å². The number of carbonyl (C=O) groups is 1. The van der Waals surface area contributed by atoms with Crippen LogP contribution in [-0.4, -0.2) is 55.1 Å². The SMILES string of the molecule is CCOC(=O)c1sc(C(C)NC(=NC)NCC(c2ccccc2)N2CCCC2)nc1C. The molecule has 0 saturated carbocycles. The van der Waals surface area contributed by atoms with Crippen LogP contribution in [0.2, 0.25) is 0 Å². The predicted molar refractivity (Wildman–Crippen MR) is 126 cm³/mol. The number of guanidine groups is 1. The van der Waals surface area contributed by atoms with Gasteiger partial charge in [0.1, 0.15) is 9.88 Å². The minimum Gasteiger partial charge on any atom is -0.462 e. The highest BCUT2D eigenvalue weighted by Crippen LogP contribution is 2.26. The average molecular weight is 444 g/mol. The van der Waals surface area contributed by atoms with Crippen LogP contribution in [0.5, 0.6) is 0 Å². The third kappa shape index (κ3) is 6.04. The third-order valence-electron chi connectivity index (χ3n) is 5.45. The number of esters is 1. The summed E-state index contributed by atoms with van der Waals surface area (Å²) in [4.78, 5) is 24.2. The van der Waals surface area contributed by atoms with Crippen molar-refractivity contribution in [2.45, 2.75) is 45.7 Å². The molecule has 2 N–H and O–H groups in total. The molecule has 2 aromatic rings. The van der Waals surface area contributed by atoms with Crippen molar-refractivity contribution < 1.29 is 9.53 Å². The van der Waals surface area contributed by atoms with Gasteiger partial charge in [-0.05, 0) is 52.3 Å². The lowest BCUT2D eigenvalue weighted by Crippen LogP contribution is -2.43. The Hall–Kier alpha value is -2.45. The van der Waals surface area contributed by atoms with Crippen molar-refractivity contribution in [2.24, 2.45) is 4.99 Å². The van der Waals surface area contributed by atoms with E-state index in [9.17, 15) is 4.79 Å². The van der Waals surface area contributed by atoms with E-state index in [0.717, 1.165) is 30.6 Å². The van der Waals surface area contributed by atoms with Crippen LogP contribution in [0.25, 0.3) is 0 Å². The molecule has 0 bridgehead atoms. The number of aromatic nitrogens is 1. The van der Waals surface area contributed by atoms with Gasteiger partial charge in [0.25, 0.3) is 0 Å². The van der Waals surface area contributed by atoms with Crippen LogP contribution in [0.3, 0.4) is 0 Å². The van der Waals surface area contributed by atoms with Gasteiger partial charge in [-0.2, -0.15) is 0 Å². The molecule has 3 rings (SSSR count). The van der Waals surface area contributed by atoms with Gasteiger partial charge in [-0.1, -0.05) is 30.3 Å². The Morgan fingerprint density at radius 3 is 2.65 bits per heavy atom. The minimum absolute atomic E-state index is 0.0833. The number of carbonyl (C=O) groups excluding carboxylic acids is 1. The highest BCUT2D eigenvalue weighted by molar-refractivity contribution is 7.13. The summed E-state index contributed by atoms with van der Waals surface area (Å²) >= 11 is 1.37. The molecule has 1 saturated heterocycles. The maximum Gasteiger partial charge on any atom is 0.350 e. The van der Waals surface area contributed by atoms with Crippen LogP contribution >= 0.6 is 11.3 Å². The average Bonchev–Trinajstić information content (AvgIpc) is 3.44. The lowest BCUT2D eigenvalue weighted by atomic mass is 10.1. The lowest BCUT2D eigenvalue weighted by Gasteiger charge is -2.29. The number of aryl methyl sites for hydroxylation is 1. The first-order chi connectivity index (χ1) is 15.0. The first-order valence-electron chi connectivity index (χ1n) is 10.9. The molecule has 1 fully saturated rings. The zero-order valence-corrected chi connectivity index (χ0v) is 19.7. The molecule has 1 aromatic carbocycles. The summed E-state index contributed by atoms with van der Waals surface area (Å²) in [7, 11) is 1.77. The molecule has 0 amide bonds. The molecular formula is C23H33N5O2S. The van der Waals surface area contributed by atoms with E-state index in [1.807, 2.05) is 13.8 Å². The minimum atomic E-state index is -0.310. The maximum atomic E-state index is 12.1. The summed E-state index contributed by atoms with van der Waals surface area (Å²) in [6.07, 6.45) is 2.50. The van der Waals surface area contributed by atoms with Gasteiger partial charge in [-0.3, -0.25) is 9.89 Å². The number of thiazole rings is 1. The van der Waals surface area contributed by atoms with Crippen molar-refractivity contribution in [2.75, 3.05) is 33.3 Å². The van der Waals surface area contributed by atoms with Gasteiger partial charge < -0.3 is 15.4 Å². The summed E-state index contributed by atoms with van der Waals surface area (Å²) in [6.45, 7) is 9.04. The topological polar surface area (TPSA) is 78.8 Å². The van der Waals surface area contributed by atoms with Crippen molar-refractivity contribution in [1.29, 1.82) is 0 Å². The van der Waals surface area contributed by atoms with E-state index in [2.05, 4.69) is 55.8 Å². The number of nitrogens with one attached hydrogen (secondary N) is 2. The number of hydrogen-bond donors (Lipinski definition) is 2. The van der Waals surface area contributed by atoms with E-state index in [-0.39, 0.29) is 12.0 Å². The van der Waals surface area contributed by atoms with E-state index in [4.69, 9.17) is 4.74 Å². The third-order valence-corrected chi connectivity index (χ3v) is 6.77.